The summed E-state index contributed by atoms with van der Waals surface area (Å²) in [6, 6.07) is 0.314. The average Bonchev–Trinajstić information content (AvgIpc) is 2.25. The first kappa shape index (κ1) is 14.4. The summed E-state index contributed by atoms with van der Waals surface area (Å²) in [6.07, 6.45) is 1.98. The molecule has 90 valence electrons. The zero-order chi connectivity index (χ0) is 11.7. The van der Waals surface area contributed by atoms with Gasteiger partial charge in [0.15, 0.2) is 0 Å². The molecular weight excluding hydrogens is 190 g/mol. The van der Waals surface area contributed by atoms with Crippen molar-refractivity contribution in [1.29, 1.82) is 0 Å². The number of hydrogen-bond donors (Lipinski definition) is 2. The molecule has 0 aliphatic rings. The number of nitrogens with one attached hydrogen (secondary N) is 1. The Morgan fingerprint density at radius 3 is 2.33 bits per heavy atom. The largest absolute Gasteiger partial charge is 0.352 e. The van der Waals surface area contributed by atoms with E-state index in [4.69, 9.17) is 5.73 Å². The number of likely N-dealkylation sites (N-methyl/N-ethyl adjacent to an activating group) is 1. The molecule has 0 aromatic heterocycles. The van der Waals surface area contributed by atoms with Gasteiger partial charge in [0.1, 0.15) is 0 Å². The van der Waals surface area contributed by atoms with Gasteiger partial charge in [-0.2, -0.15) is 0 Å². The molecule has 4 nitrogen and oxygen atoms in total. The van der Waals surface area contributed by atoms with E-state index in [0.29, 0.717) is 19.1 Å². The van der Waals surface area contributed by atoms with Crippen molar-refractivity contribution in [2.75, 3.05) is 26.2 Å². The normalized spacial score (nSPS) is 11.1. The zero-order valence-electron chi connectivity index (χ0n) is 10.3. The Morgan fingerprint density at radius 1 is 1.33 bits per heavy atom. The van der Waals surface area contributed by atoms with Crippen molar-refractivity contribution in [3.05, 3.63) is 0 Å². The summed E-state index contributed by atoms with van der Waals surface area (Å²) in [4.78, 5) is 13.7. The van der Waals surface area contributed by atoms with E-state index in [-0.39, 0.29) is 5.91 Å². The number of carbonyl (C=O) groups is 1. The van der Waals surface area contributed by atoms with Gasteiger partial charge < -0.3 is 11.1 Å². The van der Waals surface area contributed by atoms with E-state index in [0.717, 1.165) is 25.9 Å². The number of hydrogen-bond acceptors (Lipinski definition) is 3. The predicted octanol–water partition coefficient (Wildman–Crippen LogP) is 0.572. The summed E-state index contributed by atoms with van der Waals surface area (Å²) in [5.74, 6) is 0.110. The average molecular weight is 215 g/mol. The molecule has 0 saturated heterocycles. The highest BCUT2D eigenvalue weighted by molar-refractivity contribution is 5.78. The Labute approximate surface area is 93.2 Å². The molecular formula is C11H25N3O. The van der Waals surface area contributed by atoms with Crippen molar-refractivity contribution >= 4 is 5.91 Å². The molecule has 0 aliphatic heterocycles. The van der Waals surface area contributed by atoms with Crippen LogP contribution in [0.25, 0.3) is 0 Å². The molecule has 0 aliphatic carbocycles. The van der Waals surface area contributed by atoms with Crippen LogP contribution < -0.4 is 11.1 Å². The van der Waals surface area contributed by atoms with E-state index in [1.807, 2.05) is 6.92 Å². The van der Waals surface area contributed by atoms with E-state index in [1.165, 1.54) is 0 Å². The topological polar surface area (TPSA) is 58.4 Å². The lowest BCUT2D eigenvalue weighted by atomic mass is 10.2. The van der Waals surface area contributed by atoms with Crippen molar-refractivity contribution in [3.8, 4) is 0 Å². The number of nitrogens with two attached hydrogens (primary N) is 1. The van der Waals surface area contributed by atoms with Crippen LogP contribution in [0.5, 0.6) is 0 Å². The number of nitrogens with zero attached hydrogens (tertiary/aromatic N) is 1. The summed E-state index contributed by atoms with van der Waals surface area (Å²) in [6.45, 7) is 8.94. The first-order valence-electron chi connectivity index (χ1n) is 5.89. The SMILES string of the molecule is CCC(CC)NC(=O)CN(CC)CCN. The highest BCUT2D eigenvalue weighted by Gasteiger charge is 2.11. The number of amides is 1. The van der Waals surface area contributed by atoms with Gasteiger partial charge >= 0.3 is 0 Å². The van der Waals surface area contributed by atoms with Gasteiger partial charge in [0.05, 0.1) is 6.54 Å². The Hall–Kier alpha value is -0.610. The summed E-state index contributed by atoms with van der Waals surface area (Å²) in [7, 11) is 0. The molecule has 0 bridgehead atoms. The highest BCUT2D eigenvalue weighted by Crippen LogP contribution is 1.96. The quantitative estimate of drug-likeness (QED) is 0.622. The third-order valence-corrected chi connectivity index (χ3v) is 2.61. The van der Waals surface area contributed by atoms with Gasteiger partial charge in [0.2, 0.25) is 5.91 Å². The molecule has 15 heavy (non-hydrogen) atoms. The van der Waals surface area contributed by atoms with Crippen LogP contribution >= 0.6 is 0 Å². The van der Waals surface area contributed by atoms with Crippen LogP contribution in [-0.2, 0) is 4.79 Å². The molecule has 0 aromatic carbocycles. The molecule has 0 radical (unpaired) electrons. The molecule has 4 heteroatoms. The first-order chi connectivity index (χ1) is 7.17. The Kier molecular flexibility index (Phi) is 8.33. The fraction of sp³-hybridized carbons (Fsp3) is 0.909. The van der Waals surface area contributed by atoms with Gasteiger partial charge in [0.25, 0.3) is 0 Å². The number of rotatable bonds is 8. The molecule has 1 amide bonds. The van der Waals surface area contributed by atoms with Crippen molar-refractivity contribution < 1.29 is 4.79 Å². The molecule has 3 N–H and O–H groups in total. The van der Waals surface area contributed by atoms with E-state index in [1.54, 1.807) is 0 Å². The lowest BCUT2D eigenvalue weighted by Crippen LogP contribution is -2.43. The van der Waals surface area contributed by atoms with Crippen LogP contribution in [0, 0.1) is 0 Å². The van der Waals surface area contributed by atoms with E-state index in [9.17, 15) is 4.79 Å². The fourth-order valence-electron chi connectivity index (χ4n) is 1.50. The van der Waals surface area contributed by atoms with Gasteiger partial charge in [-0.15, -0.1) is 0 Å². The maximum absolute atomic E-state index is 11.6. The van der Waals surface area contributed by atoms with Crippen LogP contribution in [0.4, 0.5) is 0 Å². The van der Waals surface area contributed by atoms with Gasteiger partial charge in [0, 0.05) is 19.1 Å². The van der Waals surface area contributed by atoms with Crippen LogP contribution in [0.1, 0.15) is 33.6 Å². The fourth-order valence-corrected chi connectivity index (χ4v) is 1.50. The summed E-state index contributed by atoms with van der Waals surface area (Å²) in [5.41, 5.74) is 5.46. The van der Waals surface area contributed by atoms with E-state index in [2.05, 4.69) is 24.1 Å². The van der Waals surface area contributed by atoms with Gasteiger partial charge in [-0.1, -0.05) is 20.8 Å². The maximum atomic E-state index is 11.6. The Morgan fingerprint density at radius 2 is 1.93 bits per heavy atom. The molecule has 0 rings (SSSR count). The minimum Gasteiger partial charge on any atom is -0.352 e. The minimum atomic E-state index is 0.110. The lowest BCUT2D eigenvalue weighted by Gasteiger charge is -2.21. The molecule has 0 saturated carbocycles. The third kappa shape index (κ3) is 6.47. The van der Waals surface area contributed by atoms with Crippen LogP contribution in [-0.4, -0.2) is 43.0 Å². The molecule has 0 spiro atoms. The van der Waals surface area contributed by atoms with Crippen LogP contribution in [0.15, 0.2) is 0 Å². The molecule has 0 atom stereocenters. The first-order valence-corrected chi connectivity index (χ1v) is 5.89. The van der Waals surface area contributed by atoms with Gasteiger partial charge in [-0.3, -0.25) is 9.69 Å². The Balaban J connectivity index is 3.88. The third-order valence-electron chi connectivity index (χ3n) is 2.61. The molecule has 0 aromatic rings. The van der Waals surface area contributed by atoms with E-state index >= 15 is 0 Å². The maximum Gasteiger partial charge on any atom is 0.234 e. The monoisotopic (exact) mass is 215 g/mol. The molecule has 0 fully saturated rings. The van der Waals surface area contributed by atoms with Gasteiger partial charge in [-0.25, -0.2) is 0 Å². The summed E-state index contributed by atoms with van der Waals surface area (Å²) in [5, 5.41) is 3.02. The second-order valence-electron chi connectivity index (χ2n) is 3.74. The molecule has 0 unspecified atom stereocenters. The summed E-state index contributed by atoms with van der Waals surface area (Å²) >= 11 is 0. The molecule has 0 heterocycles. The lowest BCUT2D eigenvalue weighted by molar-refractivity contribution is -0.122. The minimum absolute atomic E-state index is 0.110. The van der Waals surface area contributed by atoms with E-state index < -0.39 is 0 Å². The second-order valence-corrected chi connectivity index (χ2v) is 3.74. The smallest absolute Gasteiger partial charge is 0.234 e. The van der Waals surface area contributed by atoms with Crippen LogP contribution in [0.3, 0.4) is 0 Å². The predicted molar refractivity (Wildman–Crippen MR) is 63.7 cm³/mol. The van der Waals surface area contributed by atoms with Crippen molar-refractivity contribution in [2.24, 2.45) is 5.73 Å². The van der Waals surface area contributed by atoms with Crippen molar-refractivity contribution in [3.63, 3.8) is 0 Å². The van der Waals surface area contributed by atoms with Crippen molar-refractivity contribution in [2.45, 2.75) is 39.7 Å². The highest BCUT2D eigenvalue weighted by atomic mass is 16.2. The summed E-state index contributed by atoms with van der Waals surface area (Å²) < 4.78 is 0. The van der Waals surface area contributed by atoms with Crippen LogP contribution in [0.2, 0.25) is 0 Å². The second kappa shape index (κ2) is 8.68. The van der Waals surface area contributed by atoms with Crippen molar-refractivity contribution in [1.82, 2.24) is 10.2 Å². The standard InChI is InChI=1S/C11H25N3O/c1-4-10(5-2)13-11(15)9-14(6-3)8-7-12/h10H,4-9,12H2,1-3H3,(H,13,15). The number of carbonyl (C=O) groups excluding carboxylic acids is 1. The van der Waals surface area contributed by atoms with Gasteiger partial charge in [-0.05, 0) is 19.4 Å². The Bertz CT molecular complexity index is 169. The zero-order valence-corrected chi connectivity index (χ0v) is 10.3.